The van der Waals surface area contributed by atoms with Gasteiger partial charge in [0.05, 0.1) is 22.2 Å². The van der Waals surface area contributed by atoms with Crippen molar-refractivity contribution in [2.75, 3.05) is 12.3 Å². The molecular formula is C15H8Cl2F6N4O2S. The number of nitrogen functional groups attached to an aromatic ring is 1. The van der Waals surface area contributed by atoms with Crippen LogP contribution in [0.4, 0.5) is 32.2 Å². The molecule has 1 atom stereocenters. The van der Waals surface area contributed by atoms with Gasteiger partial charge in [-0.2, -0.15) is 31.4 Å². The number of terminal acetylenes is 1. The summed E-state index contributed by atoms with van der Waals surface area (Å²) >= 11 is 11.6. The first-order chi connectivity index (χ1) is 13.7. The average Bonchev–Trinajstić information content (AvgIpc) is 2.94. The number of benzene rings is 1. The number of hydrogen-bond donors (Lipinski definition) is 2. The van der Waals surface area contributed by atoms with E-state index in [-0.39, 0.29) is 0 Å². The highest BCUT2D eigenvalue weighted by Crippen LogP contribution is 2.40. The molecule has 1 aromatic heterocycles. The summed E-state index contributed by atoms with van der Waals surface area (Å²) in [6.45, 7) is -0.411. The Kier molecular flexibility index (Phi) is 6.65. The van der Waals surface area contributed by atoms with E-state index < -0.39 is 72.6 Å². The van der Waals surface area contributed by atoms with Gasteiger partial charge in [0.25, 0.3) is 5.91 Å². The molecule has 6 nitrogen and oxygen atoms in total. The van der Waals surface area contributed by atoms with E-state index in [9.17, 15) is 35.3 Å². The number of aromatic nitrogens is 2. The fourth-order valence-electron chi connectivity index (χ4n) is 2.18. The van der Waals surface area contributed by atoms with E-state index in [0.29, 0.717) is 16.8 Å². The Labute approximate surface area is 176 Å². The third-order valence-electron chi connectivity index (χ3n) is 3.39. The van der Waals surface area contributed by atoms with Gasteiger partial charge in [-0.05, 0) is 12.1 Å². The molecule has 0 bridgehead atoms. The van der Waals surface area contributed by atoms with Gasteiger partial charge in [-0.3, -0.25) is 4.79 Å². The SMILES string of the molecule is C#CCNC(=O)c1nn(-c2c(Cl)cc(C(F)(F)F)cc2Cl)c(N)c1S(=O)C(F)(F)F. The second-order valence-corrected chi connectivity index (χ2v) is 7.59. The molecule has 2 aromatic rings. The number of carbonyl (C=O) groups excluding carboxylic acids is 1. The molecular weight excluding hydrogens is 485 g/mol. The molecule has 0 aliphatic rings. The van der Waals surface area contributed by atoms with Gasteiger partial charge in [-0.25, -0.2) is 8.89 Å². The van der Waals surface area contributed by atoms with Crippen LogP contribution in [0.5, 0.6) is 0 Å². The summed E-state index contributed by atoms with van der Waals surface area (Å²) in [6, 6.07) is 0.866. The maximum atomic E-state index is 13.0. The first kappa shape index (κ1) is 23.8. The number of nitrogens with two attached hydrogens (primary N) is 1. The van der Waals surface area contributed by atoms with E-state index in [4.69, 9.17) is 35.4 Å². The molecule has 162 valence electrons. The quantitative estimate of drug-likeness (QED) is 0.502. The lowest BCUT2D eigenvalue weighted by Crippen LogP contribution is -2.27. The third kappa shape index (κ3) is 4.66. The molecule has 1 amide bonds. The summed E-state index contributed by atoms with van der Waals surface area (Å²) in [5, 5.41) is 4.19. The van der Waals surface area contributed by atoms with Crippen LogP contribution in [0.2, 0.25) is 10.0 Å². The van der Waals surface area contributed by atoms with Crippen LogP contribution in [0.15, 0.2) is 17.0 Å². The molecule has 0 saturated heterocycles. The van der Waals surface area contributed by atoms with Crippen molar-refractivity contribution in [1.29, 1.82) is 0 Å². The number of amides is 1. The summed E-state index contributed by atoms with van der Waals surface area (Å²) < 4.78 is 90.1. The molecule has 0 fully saturated rings. The number of rotatable bonds is 4. The summed E-state index contributed by atoms with van der Waals surface area (Å²) in [5.74, 6) is -0.237. The van der Waals surface area contributed by atoms with Gasteiger partial charge in [0.2, 0.25) is 0 Å². The number of alkyl halides is 6. The average molecular weight is 493 g/mol. The fourth-order valence-corrected chi connectivity index (χ4v) is 3.64. The maximum absolute atomic E-state index is 13.0. The summed E-state index contributed by atoms with van der Waals surface area (Å²) in [7, 11) is -3.82. The van der Waals surface area contributed by atoms with Crippen LogP contribution in [-0.2, 0) is 17.0 Å². The van der Waals surface area contributed by atoms with E-state index in [1.54, 1.807) is 0 Å². The van der Waals surface area contributed by atoms with Crippen molar-refractivity contribution < 1.29 is 35.3 Å². The lowest BCUT2D eigenvalue weighted by molar-refractivity contribution is -0.137. The number of halogens is 8. The highest BCUT2D eigenvalue weighted by atomic mass is 35.5. The molecule has 30 heavy (non-hydrogen) atoms. The monoisotopic (exact) mass is 492 g/mol. The topological polar surface area (TPSA) is 90.0 Å². The molecule has 3 N–H and O–H groups in total. The Bertz CT molecular complexity index is 1050. The minimum absolute atomic E-state index is 0.397. The second-order valence-electron chi connectivity index (χ2n) is 5.36. The van der Waals surface area contributed by atoms with Crippen LogP contribution in [-0.4, -0.2) is 31.9 Å². The summed E-state index contributed by atoms with van der Waals surface area (Å²) in [4.78, 5) is 10.9. The van der Waals surface area contributed by atoms with Crippen molar-refractivity contribution in [3.8, 4) is 18.0 Å². The molecule has 0 radical (unpaired) electrons. The highest BCUT2D eigenvalue weighted by Gasteiger charge is 2.43. The molecule has 1 heterocycles. The van der Waals surface area contributed by atoms with Gasteiger partial charge >= 0.3 is 11.7 Å². The van der Waals surface area contributed by atoms with E-state index in [2.05, 4.69) is 5.10 Å². The Balaban J connectivity index is 2.77. The zero-order valence-corrected chi connectivity index (χ0v) is 16.5. The molecule has 0 aliphatic heterocycles. The van der Waals surface area contributed by atoms with Crippen LogP contribution in [0.1, 0.15) is 16.1 Å². The van der Waals surface area contributed by atoms with Gasteiger partial charge < -0.3 is 11.1 Å². The van der Waals surface area contributed by atoms with Crippen molar-refractivity contribution >= 4 is 45.7 Å². The largest absolute Gasteiger partial charge is 0.476 e. The van der Waals surface area contributed by atoms with Crippen molar-refractivity contribution in [3.63, 3.8) is 0 Å². The maximum Gasteiger partial charge on any atom is 0.476 e. The smallest absolute Gasteiger partial charge is 0.383 e. The Morgan fingerprint density at radius 2 is 1.77 bits per heavy atom. The Hall–Kier alpha value is -2.43. The van der Waals surface area contributed by atoms with E-state index in [0.717, 1.165) is 0 Å². The number of carbonyl (C=O) groups is 1. The first-order valence-corrected chi connectivity index (χ1v) is 9.26. The first-order valence-electron chi connectivity index (χ1n) is 7.35. The molecule has 0 aliphatic carbocycles. The number of nitrogens with one attached hydrogen (secondary N) is 1. The molecule has 1 unspecified atom stereocenters. The lowest BCUT2D eigenvalue weighted by Gasteiger charge is -2.13. The van der Waals surface area contributed by atoms with Crippen LogP contribution in [0.3, 0.4) is 0 Å². The highest BCUT2D eigenvalue weighted by molar-refractivity contribution is 7.86. The van der Waals surface area contributed by atoms with E-state index in [1.807, 2.05) is 11.2 Å². The lowest BCUT2D eigenvalue weighted by atomic mass is 10.2. The standard InChI is InChI=1S/C15H8Cl2F6N4O2S/c1-2-3-25-13(28)9-11(30(29)15(21,22)23)12(24)27(26-9)10-7(16)4-6(5-8(10)17)14(18,19)20/h1,4-5H,3,24H2,(H,25,28). The normalized spacial score (nSPS) is 13.0. The molecule has 0 spiro atoms. The molecule has 2 rings (SSSR count). The van der Waals surface area contributed by atoms with Crippen LogP contribution >= 0.6 is 23.2 Å². The Morgan fingerprint density at radius 3 is 2.20 bits per heavy atom. The number of anilines is 1. The van der Waals surface area contributed by atoms with E-state index in [1.165, 1.54) is 0 Å². The second kappa shape index (κ2) is 8.37. The van der Waals surface area contributed by atoms with Crippen LogP contribution in [0.25, 0.3) is 5.69 Å². The van der Waals surface area contributed by atoms with Crippen molar-refractivity contribution in [3.05, 3.63) is 33.4 Å². The molecule has 1 aromatic carbocycles. The van der Waals surface area contributed by atoms with Crippen molar-refractivity contribution in [2.45, 2.75) is 16.6 Å². The van der Waals surface area contributed by atoms with Crippen LogP contribution in [0, 0.1) is 12.3 Å². The summed E-state index contributed by atoms with van der Waals surface area (Å²) in [6.07, 6.45) is 0.127. The van der Waals surface area contributed by atoms with Crippen molar-refractivity contribution in [2.24, 2.45) is 0 Å². The summed E-state index contributed by atoms with van der Waals surface area (Å²) in [5.41, 5.74) is -2.56. The zero-order valence-electron chi connectivity index (χ0n) is 14.2. The Morgan fingerprint density at radius 1 is 1.23 bits per heavy atom. The minimum Gasteiger partial charge on any atom is -0.383 e. The minimum atomic E-state index is -5.34. The van der Waals surface area contributed by atoms with Gasteiger partial charge in [-0.1, -0.05) is 29.1 Å². The molecule has 15 heteroatoms. The molecule has 0 saturated carbocycles. The van der Waals surface area contributed by atoms with Gasteiger partial charge in [0, 0.05) is 0 Å². The number of hydrogen-bond acceptors (Lipinski definition) is 4. The fraction of sp³-hybridized carbons (Fsp3) is 0.200. The van der Waals surface area contributed by atoms with E-state index >= 15 is 0 Å². The van der Waals surface area contributed by atoms with Gasteiger partial charge in [0.15, 0.2) is 16.5 Å². The van der Waals surface area contributed by atoms with Crippen LogP contribution < -0.4 is 11.1 Å². The van der Waals surface area contributed by atoms with Crippen molar-refractivity contribution in [1.82, 2.24) is 15.1 Å². The third-order valence-corrected chi connectivity index (χ3v) is 5.16. The number of nitrogens with zero attached hydrogens (tertiary/aromatic N) is 2. The predicted molar refractivity (Wildman–Crippen MR) is 96.6 cm³/mol. The predicted octanol–water partition coefficient (Wildman–Crippen LogP) is 3.77. The van der Waals surface area contributed by atoms with Gasteiger partial charge in [0.1, 0.15) is 16.4 Å². The van der Waals surface area contributed by atoms with Gasteiger partial charge in [-0.15, -0.1) is 6.42 Å². The zero-order chi connectivity index (χ0) is 23.0.